The molecule has 0 saturated heterocycles. The zero-order valence-electron chi connectivity index (χ0n) is 18.4. The summed E-state index contributed by atoms with van der Waals surface area (Å²) in [4.78, 5) is 0. The Morgan fingerprint density at radius 2 is 1.57 bits per heavy atom. The molecule has 1 aromatic carbocycles. The maximum atomic E-state index is 6.05. The Morgan fingerprint density at radius 3 is 2.14 bits per heavy atom. The topological polar surface area (TPSA) is 39.9 Å². The lowest BCUT2D eigenvalue weighted by atomic mass is 10.3. The molecule has 0 unspecified atom stereocenters. The zero-order valence-corrected chi connectivity index (χ0v) is 19.4. The fraction of sp³-hybridized carbons (Fsp3) is 0.652. The lowest BCUT2D eigenvalue weighted by molar-refractivity contribution is 0.272. The molecule has 0 saturated carbocycles. The molecule has 0 spiro atoms. The molecule has 156 valence electrons. The molecule has 0 N–H and O–H groups in total. The predicted molar refractivity (Wildman–Crippen MR) is 123 cm³/mol. The van der Waals surface area contributed by atoms with Gasteiger partial charge in [-0.3, -0.25) is 0 Å². The maximum absolute atomic E-state index is 6.05. The average Bonchev–Trinajstić information content (AvgIpc) is 3.15. The summed E-state index contributed by atoms with van der Waals surface area (Å²) in [6.45, 7) is 9.65. The van der Waals surface area contributed by atoms with E-state index in [2.05, 4.69) is 43.2 Å². The van der Waals surface area contributed by atoms with E-state index in [1.165, 1.54) is 62.7 Å². The molecule has 0 aliphatic rings. The van der Waals surface area contributed by atoms with Crippen molar-refractivity contribution >= 4 is 25.0 Å². The zero-order chi connectivity index (χ0) is 20.2. The van der Waals surface area contributed by atoms with Gasteiger partial charge in [0.05, 0.1) is 20.2 Å². The number of rotatable bonds is 14. The van der Waals surface area contributed by atoms with Gasteiger partial charge in [-0.15, -0.1) is 5.10 Å². The van der Waals surface area contributed by atoms with Gasteiger partial charge in [-0.1, -0.05) is 94.8 Å². The van der Waals surface area contributed by atoms with E-state index in [-0.39, 0.29) is 0 Å². The number of nitrogens with zero attached hydrogens (tertiary/aromatic N) is 3. The highest BCUT2D eigenvalue weighted by molar-refractivity contribution is 6.80. The number of hydrogen-bond donors (Lipinski definition) is 0. The minimum Gasteiger partial charge on any atom is -0.478 e. The molecule has 0 radical (unpaired) electrons. The Morgan fingerprint density at radius 1 is 0.964 bits per heavy atom. The number of allylic oxidation sites excluding steroid dienone is 1. The second kappa shape index (κ2) is 12.0. The van der Waals surface area contributed by atoms with Crippen LogP contribution in [0.2, 0.25) is 24.2 Å². The summed E-state index contributed by atoms with van der Waals surface area (Å²) in [5.41, 5.74) is 1.93. The molecule has 2 aromatic rings. The second-order valence-corrected chi connectivity index (χ2v) is 12.9. The summed E-state index contributed by atoms with van der Waals surface area (Å²) in [7, 11) is -1.35. The van der Waals surface area contributed by atoms with Crippen LogP contribution in [0.5, 0.6) is 0 Å². The van der Waals surface area contributed by atoms with Crippen molar-refractivity contribution < 1.29 is 4.74 Å². The maximum Gasteiger partial charge on any atom is 0.211 e. The Kier molecular flexibility index (Phi) is 9.75. The number of aromatic nitrogens is 3. The van der Waals surface area contributed by atoms with Gasteiger partial charge in [-0.2, -0.15) is 4.68 Å². The first-order valence-corrected chi connectivity index (χ1v) is 14.2. The smallest absolute Gasteiger partial charge is 0.211 e. The Balaban J connectivity index is 2.32. The standard InChI is InChI=1S/C23H39N3OSi/c1-5-9-17-28(18-10-6-2,19-11-7-3)20-16-23(27-8-4)26-22-15-13-12-14-21(22)24-25-26/h12-16H,5-11,17-20H2,1-4H3. The van der Waals surface area contributed by atoms with Gasteiger partial charge >= 0.3 is 0 Å². The van der Waals surface area contributed by atoms with Crippen molar-refractivity contribution in [1.29, 1.82) is 0 Å². The number of hydrogen-bond acceptors (Lipinski definition) is 3. The normalized spacial score (nSPS) is 12.6. The summed E-state index contributed by atoms with van der Waals surface area (Å²) in [5.74, 6) is 0.859. The minimum atomic E-state index is -1.35. The van der Waals surface area contributed by atoms with E-state index in [1.807, 2.05) is 29.8 Å². The van der Waals surface area contributed by atoms with E-state index in [4.69, 9.17) is 4.74 Å². The third-order valence-electron chi connectivity index (χ3n) is 5.74. The molecule has 4 nitrogen and oxygen atoms in total. The highest BCUT2D eigenvalue weighted by Gasteiger charge is 2.30. The van der Waals surface area contributed by atoms with Crippen molar-refractivity contribution in [3.05, 3.63) is 30.3 Å². The highest BCUT2D eigenvalue weighted by Crippen LogP contribution is 2.33. The lowest BCUT2D eigenvalue weighted by Crippen LogP contribution is -2.33. The highest BCUT2D eigenvalue weighted by atomic mass is 28.3. The van der Waals surface area contributed by atoms with Crippen LogP contribution in [0.3, 0.4) is 0 Å². The number of ether oxygens (including phenoxy) is 1. The molecule has 1 heterocycles. The fourth-order valence-electron chi connectivity index (χ4n) is 4.03. The van der Waals surface area contributed by atoms with Crippen LogP contribution in [0.15, 0.2) is 30.3 Å². The summed E-state index contributed by atoms with van der Waals surface area (Å²) in [6, 6.07) is 13.6. The van der Waals surface area contributed by atoms with Crippen LogP contribution < -0.4 is 0 Å². The number of unbranched alkanes of at least 4 members (excludes halogenated alkanes) is 3. The van der Waals surface area contributed by atoms with E-state index < -0.39 is 8.07 Å². The molecule has 0 aliphatic heterocycles. The Labute approximate surface area is 172 Å². The van der Waals surface area contributed by atoms with E-state index in [9.17, 15) is 0 Å². The van der Waals surface area contributed by atoms with Crippen LogP contribution >= 0.6 is 0 Å². The van der Waals surface area contributed by atoms with Gasteiger partial charge in [0, 0.05) is 0 Å². The van der Waals surface area contributed by atoms with E-state index in [0.717, 1.165) is 16.9 Å². The first-order valence-electron chi connectivity index (χ1n) is 11.3. The van der Waals surface area contributed by atoms with Gasteiger partial charge in [0.1, 0.15) is 5.52 Å². The fourth-order valence-corrected chi connectivity index (χ4v) is 9.31. The first kappa shape index (κ1) is 22.7. The largest absolute Gasteiger partial charge is 0.478 e. The number of fused-ring (bicyclic) bond motifs is 1. The number of benzene rings is 1. The molecule has 0 aliphatic carbocycles. The van der Waals surface area contributed by atoms with E-state index in [1.54, 1.807) is 0 Å². The van der Waals surface area contributed by atoms with Crippen molar-refractivity contribution in [3.8, 4) is 0 Å². The predicted octanol–water partition coefficient (Wildman–Crippen LogP) is 7.12. The summed E-state index contributed by atoms with van der Waals surface area (Å²) >= 11 is 0. The van der Waals surface area contributed by atoms with Gasteiger partial charge < -0.3 is 4.74 Å². The van der Waals surface area contributed by atoms with Crippen LogP contribution in [0.25, 0.3) is 16.9 Å². The van der Waals surface area contributed by atoms with Gasteiger partial charge in [0.25, 0.3) is 0 Å². The van der Waals surface area contributed by atoms with Crippen molar-refractivity contribution in [2.45, 2.75) is 90.4 Å². The van der Waals surface area contributed by atoms with E-state index in [0.29, 0.717) is 6.61 Å². The molecule has 0 fully saturated rings. The Bertz CT molecular complexity index is 704. The molecule has 28 heavy (non-hydrogen) atoms. The molecule has 0 atom stereocenters. The monoisotopic (exact) mass is 401 g/mol. The van der Waals surface area contributed by atoms with E-state index >= 15 is 0 Å². The molecule has 1 aromatic heterocycles. The minimum absolute atomic E-state index is 0.646. The van der Waals surface area contributed by atoms with Crippen molar-refractivity contribution in [2.24, 2.45) is 0 Å². The molecule has 2 rings (SSSR count). The SMILES string of the molecule is CCCC[Si](CC=C(OCC)n1nnc2ccccc21)(CCCC)CCCC. The third kappa shape index (κ3) is 6.19. The second-order valence-electron chi connectivity index (χ2n) is 7.98. The van der Waals surface area contributed by atoms with Crippen molar-refractivity contribution in [2.75, 3.05) is 6.61 Å². The summed E-state index contributed by atoms with van der Waals surface area (Å²) < 4.78 is 7.93. The average molecular weight is 402 g/mol. The number of para-hydroxylation sites is 1. The molecule has 5 heteroatoms. The van der Waals surface area contributed by atoms with Crippen molar-refractivity contribution in [3.63, 3.8) is 0 Å². The molecule has 0 bridgehead atoms. The third-order valence-corrected chi connectivity index (χ3v) is 11.1. The van der Waals surface area contributed by atoms with Crippen LogP contribution in [-0.2, 0) is 4.74 Å². The Hall–Kier alpha value is -1.62. The molecular weight excluding hydrogens is 362 g/mol. The van der Waals surface area contributed by atoms with Crippen LogP contribution in [0.4, 0.5) is 0 Å². The van der Waals surface area contributed by atoms with Crippen LogP contribution in [0.1, 0.15) is 66.2 Å². The molecular formula is C23H39N3OSi. The van der Waals surface area contributed by atoms with Gasteiger partial charge in [0.15, 0.2) is 0 Å². The van der Waals surface area contributed by atoms with Crippen LogP contribution in [0, 0.1) is 0 Å². The van der Waals surface area contributed by atoms with Crippen molar-refractivity contribution in [1.82, 2.24) is 15.0 Å². The van der Waals surface area contributed by atoms with Gasteiger partial charge in [-0.05, 0) is 31.2 Å². The first-order chi connectivity index (χ1) is 13.7. The quantitative estimate of drug-likeness (QED) is 0.250. The molecule has 0 amide bonds. The summed E-state index contributed by atoms with van der Waals surface area (Å²) in [6.07, 6.45) is 10.3. The lowest BCUT2D eigenvalue weighted by Gasteiger charge is -2.31. The van der Waals surface area contributed by atoms with Gasteiger partial charge in [0.2, 0.25) is 5.88 Å². The van der Waals surface area contributed by atoms with Crippen LogP contribution in [-0.4, -0.2) is 29.7 Å². The van der Waals surface area contributed by atoms with Gasteiger partial charge in [-0.25, -0.2) is 0 Å². The summed E-state index contributed by atoms with van der Waals surface area (Å²) in [5, 5.41) is 8.71.